The fourth-order valence-electron chi connectivity index (χ4n) is 3.33. The molecule has 2 aliphatic carbocycles. The highest BCUT2D eigenvalue weighted by molar-refractivity contribution is 5.30. The first-order valence-electron chi connectivity index (χ1n) is 9.80. The molecule has 0 heteroatoms. The van der Waals surface area contributed by atoms with E-state index in [1.165, 1.54) is 18.4 Å². The fourth-order valence-corrected chi connectivity index (χ4v) is 3.33. The van der Waals surface area contributed by atoms with E-state index in [1.54, 1.807) is 0 Å². The maximum absolute atomic E-state index is 2.44. The first-order valence-corrected chi connectivity index (χ1v) is 9.80. The van der Waals surface area contributed by atoms with Gasteiger partial charge in [0.05, 0.1) is 0 Å². The predicted octanol–water partition coefficient (Wildman–Crippen LogP) is 7.29. The van der Waals surface area contributed by atoms with Crippen molar-refractivity contribution in [3.05, 3.63) is 36.0 Å². The number of hydrogen-bond donors (Lipinski definition) is 0. The summed E-state index contributed by atoms with van der Waals surface area (Å²) in [5, 5.41) is 0. The molecule has 0 radical (unpaired) electrons. The van der Waals surface area contributed by atoms with Crippen molar-refractivity contribution in [2.45, 2.75) is 68.2 Å². The number of allylic oxidation sites excluding steroid dienone is 6. The normalized spacial score (nSPS) is 27.0. The summed E-state index contributed by atoms with van der Waals surface area (Å²) in [6.07, 6.45) is 14.7. The molecule has 0 nitrogen and oxygen atoms in total. The Hall–Kier alpha value is -0.780. The summed E-state index contributed by atoms with van der Waals surface area (Å²) >= 11 is 0. The van der Waals surface area contributed by atoms with E-state index in [4.69, 9.17) is 0 Å². The van der Waals surface area contributed by atoms with Crippen LogP contribution >= 0.6 is 0 Å². The Balaban J connectivity index is 0.000000231. The van der Waals surface area contributed by atoms with E-state index in [1.807, 2.05) is 0 Å². The van der Waals surface area contributed by atoms with Crippen LogP contribution in [0.2, 0.25) is 0 Å². The topological polar surface area (TPSA) is 0 Å². The van der Waals surface area contributed by atoms with Crippen LogP contribution in [0.3, 0.4) is 0 Å². The summed E-state index contributed by atoms with van der Waals surface area (Å²) in [6, 6.07) is 0. The molecule has 2 aliphatic rings. The lowest BCUT2D eigenvalue weighted by Crippen LogP contribution is -2.16. The van der Waals surface area contributed by atoms with E-state index in [0.717, 1.165) is 29.6 Å². The van der Waals surface area contributed by atoms with Crippen molar-refractivity contribution in [2.24, 2.45) is 41.4 Å². The van der Waals surface area contributed by atoms with Crippen LogP contribution in [-0.4, -0.2) is 0 Å². The van der Waals surface area contributed by atoms with Crippen molar-refractivity contribution >= 4 is 0 Å². The van der Waals surface area contributed by atoms with Gasteiger partial charge in [0.2, 0.25) is 0 Å². The van der Waals surface area contributed by atoms with Gasteiger partial charge in [-0.3, -0.25) is 0 Å². The molecule has 0 heterocycles. The average molecular weight is 317 g/mol. The molecule has 0 aromatic heterocycles. The standard InChI is InChI=1S/C12H22.C11H18/c1-9(2)11-5-7-12(8-6-11)10(3)4;1-8(2)10-5-6-11(7-10)9(3)4/h5,7,9-12H,6,8H2,1-4H3;5-10H,1-4H3. The Morgan fingerprint density at radius 1 is 0.696 bits per heavy atom. The van der Waals surface area contributed by atoms with Gasteiger partial charge >= 0.3 is 0 Å². The maximum Gasteiger partial charge on any atom is -0.00213 e. The van der Waals surface area contributed by atoms with Gasteiger partial charge in [0.15, 0.2) is 0 Å². The highest BCUT2D eigenvalue weighted by Crippen LogP contribution is 2.31. The van der Waals surface area contributed by atoms with Crippen LogP contribution in [0.25, 0.3) is 0 Å². The quantitative estimate of drug-likeness (QED) is 0.478. The van der Waals surface area contributed by atoms with Crippen LogP contribution < -0.4 is 0 Å². The van der Waals surface area contributed by atoms with E-state index < -0.39 is 0 Å². The molecular formula is C23H40. The van der Waals surface area contributed by atoms with Crippen LogP contribution in [0.5, 0.6) is 0 Å². The highest BCUT2D eigenvalue weighted by atomic mass is 14.2. The largest absolute Gasteiger partial charge is 0.0849 e. The van der Waals surface area contributed by atoms with Crippen molar-refractivity contribution in [2.75, 3.05) is 0 Å². The van der Waals surface area contributed by atoms with E-state index in [2.05, 4.69) is 85.8 Å². The molecule has 0 saturated carbocycles. The zero-order valence-electron chi connectivity index (χ0n) is 16.8. The van der Waals surface area contributed by atoms with Crippen molar-refractivity contribution in [1.29, 1.82) is 0 Å². The minimum absolute atomic E-state index is 0.687. The second-order valence-corrected chi connectivity index (χ2v) is 8.78. The van der Waals surface area contributed by atoms with E-state index >= 15 is 0 Å². The number of rotatable bonds is 4. The van der Waals surface area contributed by atoms with Gasteiger partial charge in [0, 0.05) is 0 Å². The summed E-state index contributed by atoms with van der Waals surface area (Å²) in [4.78, 5) is 0. The Bertz CT molecular complexity index is 399. The molecule has 0 bridgehead atoms. The van der Waals surface area contributed by atoms with Gasteiger partial charge in [-0.15, -0.1) is 0 Å². The summed E-state index contributed by atoms with van der Waals surface area (Å²) in [7, 11) is 0. The SMILES string of the molecule is CC(C)C1=CC(C(C)C)C=C1.CC(C)C1C=CC(C(C)C)CC1. The van der Waals surface area contributed by atoms with Gasteiger partial charge in [-0.1, -0.05) is 85.8 Å². The second-order valence-electron chi connectivity index (χ2n) is 8.78. The second kappa shape index (κ2) is 9.50. The van der Waals surface area contributed by atoms with Crippen molar-refractivity contribution in [1.82, 2.24) is 0 Å². The van der Waals surface area contributed by atoms with Crippen molar-refractivity contribution < 1.29 is 0 Å². The molecule has 3 atom stereocenters. The Kier molecular flexibility index (Phi) is 8.37. The zero-order valence-corrected chi connectivity index (χ0v) is 16.8. The minimum atomic E-state index is 0.687. The van der Waals surface area contributed by atoms with Crippen molar-refractivity contribution in [3.8, 4) is 0 Å². The van der Waals surface area contributed by atoms with Crippen LogP contribution in [0.15, 0.2) is 36.0 Å². The van der Waals surface area contributed by atoms with Crippen LogP contribution in [0.4, 0.5) is 0 Å². The Morgan fingerprint density at radius 3 is 1.39 bits per heavy atom. The first-order chi connectivity index (χ1) is 10.7. The van der Waals surface area contributed by atoms with Crippen LogP contribution in [-0.2, 0) is 0 Å². The average Bonchev–Trinajstić information content (AvgIpc) is 2.98. The molecule has 0 N–H and O–H groups in total. The van der Waals surface area contributed by atoms with Crippen LogP contribution in [0, 0.1) is 41.4 Å². The smallest absolute Gasteiger partial charge is 0.00213 e. The number of hydrogen-bond acceptors (Lipinski definition) is 0. The van der Waals surface area contributed by atoms with E-state index in [9.17, 15) is 0 Å². The van der Waals surface area contributed by atoms with Gasteiger partial charge in [-0.25, -0.2) is 0 Å². The summed E-state index contributed by atoms with van der Waals surface area (Å²) in [6.45, 7) is 18.3. The summed E-state index contributed by atoms with van der Waals surface area (Å²) in [5.41, 5.74) is 1.50. The van der Waals surface area contributed by atoms with Gasteiger partial charge in [-0.05, 0) is 59.8 Å². The van der Waals surface area contributed by atoms with Gasteiger partial charge in [0.25, 0.3) is 0 Å². The van der Waals surface area contributed by atoms with Gasteiger partial charge in [-0.2, -0.15) is 0 Å². The molecular weight excluding hydrogens is 276 g/mol. The molecule has 0 saturated heterocycles. The maximum atomic E-state index is 2.44. The minimum Gasteiger partial charge on any atom is -0.0849 e. The molecule has 0 aromatic rings. The third-order valence-electron chi connectivity index (χ3n) is 5.48. The summed E-state index contributed by atoms with van der Waals surface area (Å²) in [5.74, 6) is 5.48. The third-order valence-corrected chi connectivity index (χ3v) is 5.48. The fraction of sp³-hybridized carbons (Fsp3) is 0.739. The summed E-state index contributed by atoms with van der Waals surface area (Å²) < 4.78 is 0. The highest BCUT2D eigenvalue weighted by Gasteiger charge is 2.19. The van der Waals surface area contributed by atoms with Gasteiger partial charge in [0.1, 0.15) is 0 Å². The lowest BCUT2D eigenvalue weighted by Gasteiger charge is -2.27. The molecule has 3 unspecified atom stereocenters. The molecule has 0 aliphatic heterocycles. The van der Waals surface area contributed by atoms with Crippen LogP contribution in [0.1, 0.15) is 68.2 Å². The van der Waals surface area contributed by atoms with E-state index in [0.29, 0.717) is 11.8 Å². The predicted molar refractivity (Wildman–Crippen MR) is 105 cm³/mol. The van der Waals surface area contributed by atoms with Crippen molar-refractivity contribution in [3.63, 3.8) is 0 Å². The lowest BCUT2D eigenvalue weighted by atomic mass is 9.79. The zero-order chi connectivity index (χ0) is 17.6. The Morgan fingerprint density at radius 2 is 1.17 bits per heavy atom. The molecule has 0 amide bonds. The molecule has 0 fully saturated rings. The molecule has 132 valence electrons. The molecule has 2 rings (SSSR count). The lowest BCUT2D eigenvalue weighted by molar-refractivity contribution is 0.332. The monoisotopic (exact) mass is 316 g/mol. The van der Waals surface area contributed by atoms with E-state index in [-0.39, 0.29) is 0 Å². The molecule has 23 heavy (non-hydrogen) atoms. The molecule has 0 aromatic carbocycles. The first kappa shape index (κ1) is 20.3. The molecule has 0 spiro atoms. The Labute approximate surface area is 146 Å². The third kappa shape index (κ3) is 6.69. The van der Waals surface area contributed by atoms with Gasteiger partial charge < -0.3 is 0 Å².